The largest absolute Gasteiger partial charge is 0.456 e. The highest BCUT2D eigenvalue weighted by atomic mass is 16.3. The lowest BCUT2D eigenvalue weighted by Crippen LogP contribution is -2.10. The summed E-state index contributed by atoms with van der Waals surface area (Å²) in [4.78, 5) is 2.37. The van der Waals surface area contributed by atoms with Gasteiger partial charge in [-0.2, -0.15) is 0 Å². The van der Waals surface area contributed by atoms with Crippen molar-refractivity contribution in [3.05, 3.63) is 210 Å². The molecule has 9 aromatic rings. The number of hydrogen-bond acceptors (Lipinski definition) is 2. The van der Waals surface area contributed by atoms with Gasteiger partial charge >= 0.3 is 0 Å². The van der Waals surface area contributed by atoms with Crippen molar-refractivity contribution in [2.45, 2.75) is 12.3 Å². The van der Waals surface area contributed by atoms with E-state index in [4.69, 9.17) is 4.42 Å². The molecule has 0 saturated heterocycles. The van der Waals surface area contributed by atoms with Crippen LogP contribution in [0.3, 0.4) is 0 Å². The van der Waals surface area contributed by atoms with Gasteiger partial charge in [0.25, 0.3) is 0 Å². The van der Waals surface area contributed by atoms with Gasteiger partial charge in [0.15, 0.2) is 0 Å². The molecule has 2 heteroatoms. The molecule has 0 amide bonds. The van der Waals surface area contributed by atoms with Crippen molar-refractivity contribution >= 4 is 49.8 Å². The number of hydrogen-bond donors (Lipinski definition) is 0. The Morgan fingerprint density at radius 2 is 1.00 bits per heavy atom. The number of benzene rings is 8. The number of fused-ring (bicyclic) bond motifs is 8. The minimum absolute atomic E-state index is 0.124. The highest BCUT2D eigenvalue weighted by molar-refractivity contribution is 6.06. The lowest BCUT2D eigenvalue weighted by atomic mass is 9.81. The maximum absolute atomic E-state index is 6.19. The third kappa shape index (κ3) is 4.64. The van der Waals surface area contributed by atoms with Crippen LogP contribution in [0.1, 0.15) is 33.7 Å². The Bertz CT molecular complexity index is 2640. The van der Waals surface area contributed by atoms with Gasteiger partial charge in [0.1, 0.15) is 11.2 Å². The lowest BCUT2D eigenvalue weighted by Gasteiger charge is -2.26. The molecular weight excluding hydrogens is 607 g/mol. The predicted octanol–water partition coefficient (Wildman–Crippen LogP) is 13.0. The molecule has 50 heavy (non-hydrogen) atoms. The average molecular weight is 640 g/mol. The van der Waals surface area contributed by atoms with Crippen LogP contribution in [0, 0.1) is 0 Å². The van der Waals surface area contributed by atoms with Gasteiger partial charge in [0.05, 0.1) is 0 Å². The third-order valence-corrected chi connectivity index (χ3v) is 10.4. The zero-order chi connectivity index (χ0) is 33.0. The summed E-state index contributed by atoms with van der Waals surface area (Å²) in [7, 11) is 0. The van der Waals surface area contributed by atoms with Crippen LogP contribution < -0.4 is 4.90 Å². The fraction of sp³-hybridized carbons (Fsp3) is 0.0417. The van der Waals surface area contributed by atoms with Crippen LogP contribution >= 0.6 is 0 Å². The summed E-state index contributed by atoms with van der Waals surface area (Å²) >= 11 is 0. The first-order chi connectivity index (χ1) is 24.8. The van der Waals surface area contributed by atoms with E-state index in [9.17, 15) is 0 Å². The highest BCUT2D eigenvalue weighted by Crippen LogP contribution is 2.48. The van der Waals surface area contributed by atoms with E-state index in [0.29, 0.717) is 0 Å². The van der Waals surface area contributed by atoms with Crippen molar-refractivity contribution in [1.82, 2.24) is 0 Å². The molecule has 0 aliphatic heterocycles. The van der Waals surface area contributed by atoms with E-state index in [0.717, 1.165) is 45.4 Å². The topological polar surface area (TPSA) is 16.4 Å². The number of furan rings is 1. The van der Waals surface area contributed by atoms with Crippen molar-refractivity contribution in [3.63, 3.8) is 0 Å². The Labute approximate surface area is 291 Å². The molecule has 10 rings (SSSR count). The van der Waals surface area contributed by atoms with E-state index in [2.05, 4.69) is 175 Å². The number of para-hydroxylation sites is 2. The molecule has 0 atom stereocenters. The molecule has 2 nitrogen and oxygen atoms in total. The van der Waals surface area contributed by atoms with Gasteiger partial charge in [-0.3, -0.25) is 0 Å². The second-order valence-corrected chi connectivity index (χ2v) is 13.3. The summed E-state index contributed by atoms with van der Waals surface area (Å²) in [5.74, 6) is 0.124. The lowest BCUT2D eigenvalue weighted by molar-refractivity contribution is 0.669. The van der Waals surface area contributed by atoms with Crippen LogP contribution in [0.4, 0.5) is 17.1 Å². The van der Waals surface area contributed by atoms with Crippen LogP contribution in [0.5, 0.6) is 0 Å². The normalized spacial score (nSPS) is 12.1. The first kappa shape index (κ1) is 28.6. The van der Waals surface area contributed by atoms with E-state index in [1.165, 1.54) is 49.7 Å². The summed E-state index contributed by atoms with van der Waals surface area (Å²) in [6.45, 7) is 0. The van der Waals surface area contributed by atoms with Gasteiger partial charge in [-0.05, 0) is 111 Å². The molecule has 0 spiro atoms. The van der Waals surface area contributed by atoms with Gasteiger partial charge in [0.2, 0.25) is 0 Å². The van der Waals surface area contributed by atoms with Gasteiger partial charge in [-0.1, -0.05) is 127 Å². The third-order valence-electron chi connectivity index (χ3n) is 10.4. The molecular formula is C48H33NO. The highest BCUT2D eigenvalue weighted by Gasteiger charge is 2.27. The SMILES string of the molecule is c1ccc(C(c2ccccc2)c2cc3c(c4ccccc24)Cc2cc(N(c4ccccc4)c4ccc5oc6ccccc6c5c4)ccc2-3)cc1. The molecule has 1 heterocycles. The van der Waals surface area contributed by atoms with Gasteiger partial charge < -0.3 is 9.32 Å². The van der Waals surface area contributed by atoms with Crippen LogP contribution in [-0.2, 0) is 6.42 Å². The quantitative estimate of drug-likeness (QED) is 0.168. The molecule has 236 valence electrons. The fourth-order valence-corrected chi connectivity index (χ4v) is 8.17. The van der Waals surface area contributed by atoms with Crippen molar-refractivity contribution in [1.29, 1.82) is 0 Å². The predicted molar refractivity (Wildman–Crippen MR) is 208 cm³/mol. The molecule has 0 saturated carbocycles. The van der Waals surface area contributed by atoms with Crippen molar-refractivity contribution in [3.8, 4) is 11.1 Å². The summed E-state index contributed by atoms with van der Waals surface area (Å²) < 4.78 is 6.19. The second-order valence-electron chi connectivity index (χ2n) is 13.3. The molecule has 0 fully saturated rings. The van der Waals surface area contributed by atoms with Crippen LogP contribution in [0.25, 0.3) is 43.8 Å². The van der Waals surface area contributed by atoms with Crippen molar-refractivity contribution < 1.29 is 4.42 Å². The summed E-state index contributed by atoms with van der Waals surface area (Å²) in [5.41, 5.74) is 14.6. The zero-order valence-corrected chi connectivity index (χ0v) is 27.5. The summed E-state index contributed by atoms with van der Waals surface area (Å²) in [6, 6.07) is 65.9. The summed E-state index contributed by atoms with van der Waals surface area (Å²) in [6.07, 6.45) is 0.897. The van der Waals surface area contributed by atoms with Crippen molar-refractivity contribution in [2.24, 2.45) is 0 Å². The van der Waals surface area contributed by atoms with E-state index in [1.807, 2.05) is 12.1 Å². The van der Waals surface area contributed by atoms with Gasteiger partial charge in [-0.15, -0.1) is 0 Å². The van der Waals surface area contributed by atoms with E-state index >= 15 is 0 Å². The first-order valence-corrected chi connectivity index (χ1v) is 17.3. The standard InChI is InChI=1S/C48H33NO/c1-4-14-32(15-5-1)48(33-16-6-2-7-17-33)45-31-43-38-26-24-36(28-34(38)29-42(43)39-20-10-11-21-40(39)45)49(35-18-8-3-9-19-35)37-25-27-47-44(30-37)41-22-12-13-23-46(41)50-47/h1-28,30-31,48H,29H2. The maximum atomic E-state index is 6.19. The molecule has 0 N–H and O–H groups in total. The Balaban J connectivity index is 1.14. The molecule has 0 bridgehead atoms. The summed E-state index contributed by atoms with van der Waals surface area (Å²) in [5, 5.41) is 4.92. The monoisotopic (exact) mass is 639 g/mol. The number of anilines is 3. The van der Waals surface area contributed by atoms with Crippen molar-refractivity contribution in [2.75, 3.05) is 4.90 Å². The van der Waals surface area contributed by atoms with E-state index in [-0.39, 0.29) is 5.92 Å². The van der Waals surface area contributed by atoms with Crippen LogP contribution in [-0.4, -0.2) is 0 Å². The Hall–Kier alpha value is -6.38. The van der Waals surface area contributed by atoms with Gasteiger partial charge in [0, 0.05) is 33.8 Å². The zero-order valence-electron chi connectivity index (χ0n) is 27.5. The molecule has 1 aromatic heterocycles. The minimum Gasteiger partial charge on any atom is -0.456 e. The van der Waals surface area contributed by atoms with Gasteiger partial charge in [-0.25, -0.2) is 0 Å². The Morgan fingerprint density at radius 3 is 1.74 bits per heavy atom. The van der Waals surface area contributed by atoms with E-state index in [1.54, 1.807) is 0 Å². The maximum Gasteiger partial charge on any atom is 0.135 e. The number of nitrogens with zero attached hydrogens (tertiary/aromatic N) is 1. The van der Waals surface area contributed by atoms with E-state index < -0.39 is 0 Å². The fourth-order valence-electron chi connectivity index (χ4n) is 8.17. The minimum atomic E-state index is 0.124. The average Bonchev–Trinajstić information content (AvgIpc) is 3.74. The molecule has 0 radical (unpaired) electrons. The van der Waals surface area contributed by atoms with Crippen LogP contribution in [0.15, 0.2) is 186 Å². The molecule has 0 unspecified atom stereocenters. The molecule has 1 aliphatic rings. The Morgan fingerprint density at radius 1 is 0.420 bits per heavy atom. The second kappa shape index (κ2) is 11.6. The number of rotatable bonds is 6. The smallest absolute Gasteiger partial charge is 0.135 e. The molecule has 1 aliphatic carbocycles. The molecule has 8 aromatic carbocycles. The van der Waals surface area contributed by atoms with Crippen LogP contribution in [0.2, 0.25) is 0 Å². The Kier molecular flexibility index (Phi) is 6.67. The first-order valence-electron chi connectivity index (χ1n) is 17.3.